The lowest BCUT2D eigenvalue weighted by Crippen LogP contribution is -2.31. The van der Waals surface area contributed by atoms with Crippen LogP contribution in [0.1, 0.15) is 30.6 Å². The van der Waals surface area contributed by atoms with Crippen LogP contribution in [-0.4, -0.2) is 28.8 Å². The molecule has 6 nitrogen and oxygen atoms in total. The Balaban J connectivity index is 1.72. The lowest BCUT2D eigenvalue weighted by atomic mass is 10.1. The first-order chi connectivity index (χ1) is 12.8. The number of thioether (sulfide) groups is 1. The number of anilines is 2. The molecule has 0 aromatic heterocycles. The molecule has 138 valence electrons. The van der Waals surface area contributed by atoms with Crippen LogP contribution >= 0.6 is 11.8 Å². The molecule has 27 heavy (non-hydrogen) atoms. The van der Waals surface area contributed by atoms with Gasteiger partial charge in [-0.05, 0) is 55.5 Å². The summed E-state index contributed by atoms with van der Waals surface area (Å²) in [5.74, 6) is -0.760. The number of nitrogens with zero attached hydrogens (tertiary/aromatic N) is 1. The third-order valence-corrected chi connectivity index (χ3v) is 5.29. The van der Waals surface area contributed by atoms with Crippen LogP contribution in [0.15, 0.2) is 53.4 Å². The zero-order valence-corrected chi connectivity index (χ0v) is 15.7. The maximum absolute atomic E-state index is 12.7. The van der Waals surface area contributed by atoms with Crippen molar-refractivity contribution in [3.63, 3.8) is 0 Å². The molecule has 0 aliphatic carbocycles. The molecule has 3 rings (SSSR count). The van der Waals surface area contributed by atoms with Gasteiger partial charge in [0.15, 0.2) is 5.78 Å². The maximum atomic E-state index is 12.7. The van der Waals surface area contributed by atoms with Crippen LogP contribution < -0.4 is 10.2 Å². The lowest BCUT2D eigenvalue weighted by Gasteiger charge is -2.15. The second-order valence-corrected chi connectivity index (χ2v) is 7.46. The van der Waals surface area contributed by atoms with Crippen molar-refractivity contribution in [1.29, 1.82) is 0 Å². The molecule has 1 unspecified atom stereocenters. The predicted octanol–water partition coefficient (Wildman–Crippen LogP) is 3.27. The molecule has 7 heteroatoms. The van der Waals surface area contributed by atoms with Crippen molar-refractivity contribution in [3.8, 4) is 0 Å². The Morgan fingerprint density at radius 3 is 2.19 bits per heavy atom. The molecule has 2 aromatic rings. The summed E-state index contributed by atoms with van der Waals surface area (Å²) >= 11 is 1.32. The fourth-order valence-corrected chi connectivity index (χ4v) is 3.85. The lowest BCUT2D eigenvalue weighted by molar-refractivity contribution is -0.121. The van der Waals surface area contributed by atoms with Gasteiger partial charge in [-0.2, -0.15) is 0 Å². The van der Waals surface area contributed by atoms with Gasteiger partial charge in [0, 0.05) is 29.5 Å². The van der Waals surface area contributed by atoms with E-state index in [0.717, 1.165) is 4.90 Å². The molecule has 0 spiro atoms. The molecule has 1 saturated heterocycles. The number of hydrogen-bond acceptors (Lipinski definition) is 5. The van der Waals surface area contributed by atoms with Crippen LogP contribution in [0.4, 0.5) is 11.4 Å². The van der Waals surface area contributed by atoms with Gasteiger partial charge in [-0.1, -0.05) is 0 Å². The van der Waals surface area contributed by atoms with Gasteiger partial charge in [-0.15, -0.1) is 11.8 Å². The van der Waals surface area contributed by atoms with Crippen LogP contribution in [0.5, 0.6) is 0 Å². The number of carbonyl (C=O) groups excluding carboxylic acids is 4. The van der Waals surface area contributed by atoms with E-state index in [1.807, 2.05) is 0 Å². The van der Waals surface area contributed by atoms with Gasteiger partial charge in [0.1, 0.15) is 0 Å². The van der Waals surface area contributed by atoms with E-state index in [1.54, 1.807) is 48.5 Å². The van der Waals surface area contributed by atoms with Crippen LogP contribution in [-0.2, 0) is 14.4 Å². The minimum absolute atomic E-state index is 0.0724. The second-order valence-electron chi connectivity index (χ2n) is 6.19. The van der Waals surface area contributed by atoms with Gasteiger partial charge in [0.2, 0.25) is 17.7 Å². The van der Waals surface area contributed by atoms with Crippen molar-refractivity contribution in [2.45, 2.75) is 30.4 Å². The Morgan fingerprint density at radius 2 is 1.63 bits per heavy atom. The molecule has 1 fully saturated rings. The standard InChI is InChI=1S/C20H18N2O4S/c1-12(23)14-3-7-16(8-4-14)22-19(25)11-18(20(22)26)27-17-9-5-15(6-10-17)21-13(2)24/h3-10,18H,11H2,1-2H3,(H,21,24). The third-order valence-electron chi connectivity index (χ3n) is 4.09. The van der Waals surface area contributed by atoms with Crippen molar-refractivity contribution >= 4 is 46.6 Å². The highest BCUT2D eigenvalue weighted by Crippen LogP contribution is 2.34. The summed E-state index contributed by atoms with van der Waals surface area (Å²) in [6.07, 6.45) is 0.116. The van der Waals surface area contributed by atoms with Gasteiger partial charge >= 0.3 is 0 Å². The number of carbonyl (C=O) groups is 4. The monoisotopic (exact) mass is 382 g/mol. The topological polar surface area (TPSA) is 83.6 Å². The van der Waals surface area contributed by atoms with Crippen LogP contribution in [0.3, 0.4) is 0 Å². The number of rotatable bonds is 5. The summed E-state index contributed by atoms with van der Waals surface area (Å²) in [6, 6.07) is 13.6. The van der Waals surface area contributed by atoms with Crippen LogP contribution in [0.2, 0.25) is 0 Å². The average molecular weight is 382 g/mol. The van der Waals surface area contributed by atoms with Crippen molar-refractivity contribution in [2.75, 3.05) is 10.2 Å². The first-order valence-corrected chi connectivity index (χ1v) is 9.25. The number of ketones is 1. The number of imide groups is 1. The quantitative estimate of drug-likeness (QED) is 0.634. The van der Waals surface area contributed by atoms with Gasteiger partial charge in [0.25, 0.3) is 0 Å². The highest BCUT2D eigenvalue weighted by molar-refractivity contribution is 8.00. The van der Waals surface area contributed by atoms with Crippen molar-refractivity contribution in [3.05, 3.63) is 54.1 Å². The largest absolute Gasteiger partial charge is 0.326 e. The minimum atomic E-state index is -0.503. The molecular formula is C20H18N2O4S. The number of Topliss-reactive ketones (excluding diaryl/α,β-unsaturated/α-hetero) is 1. The normalized spacial score (nSPS) is 16.5. The SMILES string of the molecule is CC(=O)Nc1ccc(SC2CC(=O)N(c3ccc(C(C)=O)cc3)C2=O)cc1. The smallest absolute Gasteiger partial charge is 0.247 e. The van der Waals surface area contributed by atoms with Crippen molar-refractivity contribution in [1.82, 2.24) is 0 Å². The molecule has 0 saturated carbocycles. The van der Waals surface area contributed by atoms with Gasteiger partial charge < -0.3 is 5.32 Å². The van der Waals surface area contributed by atoms with E-state index < -0.39 is 5.25 Å². The van der Waals surface area contributed by atoms with Crippen molar-refractivity contribution < 1.29 is 19.2 Å². The van der Waals surface area contributed by atoms with Crippen LogP contribution in [0.25, 0.3) is 0 Å². The molecular weight excluding hydrogens is 364 g/mol. The third kappa shape index (κ3) is 4.25. The minimum Gasteiger partial charge on any atom is -0.326 e. The molecule has 1 aliphatic rings. The Hall–Kier alpha value is -2.93. The van der Waals surface area contributed by atoms with E-state index in [0.29, 0.717) is 16.9 Å². The summed E-state index contributed by atoms with van der Waals surface area (Å²) in [7, 11) is 0. The van der Waals surface area contributed by atoms with Gasteiger partial charge in [0.05, 0.1) is 10.9 Å². The van der Waals surface area contributed by atoms with Crippen LogP contribution in [0, 0.1) is 0 Å². The van der Waals surface area contributed by atoms with E-state index in [-0.39, 0.29) is 29.9 Å². The number of hydrogen-bond donors (Lipinski definition) is 1. The van der Waals surface area contributed by atoms with E-state index in [1.165, 1.54) is 30.5 Å². The average Bonchev–Trinajstić information content (AvgIpc) is 2.90. The molecule has 1 heterocycles. The Morgan fingerprint density at radius 1 is 1.00 bits per heavy atom. The number of amides is 3. The molecule has 0 bridgehead atoms. The zero-order valence-electron chi connectivity index (χ0n) is 14.9. The first-order valence-electron chi connectivity index (χ1n) is 8.37. The molecule has 3 amide bonds. The molecule has 2 aromatic carbocycles. The Labute approximate surface area is 160 Å². The van der Waals surface area contributed by atoms with E-state index in [2.05, 4.69) is 5.32 Å². The highest BCUT2D eigenvalue weighted by Gasteiger charge is 2.40. The number of benzene rings is 2. The predicted molar refractivity (Wildman–Crippen MR) is 104 cm³/mol. The summed E-state index contributed by atoms with van der Waals surface area (Å²) in [5, 5.41) is 2.18. The fourth-order valence-electron chi connectivity index (χ4n) is 2.80. The Bertz CT molecular complexity index is 907. The molecule has 1 atom stereocenters. The molecule has 0 radical (unpaired) electrons. The Kier molecular flexibility index (Phi) is 5.41. The van der Waals surface area contributed by atoms with Gasteiger partial charge in [-0.3, -0.25) is 19.2 Å². The van der Waals surface area contributed by atoms with E-state index in [9.17, 15) is 19.2 Å². The van der Waals surface area contributed by atoms with E-state index >= 15 is 0 Å². The second kappa shape index (κ2) is 7.75. The van der Waals surface area contributed by atoms with Gasteiger partial charge in [-0.25, -0.2) is 4.90 Å². The number of nitrogens with one attached hydrogen (secondary N) is 1. The first kappa shape index (κ1) is 18.8. The molecule has 1 N–H and O–H groups in total. The maximum Gasteiger partial charge on any atom is 0.247 e. The van der Waals surface area contributed by atoms with Crippen molar-refractivity contribution in [2.24, 2.45) is 0 Å². The van der Waals surface area contributed by atoms with E-state index in [4.69, 9.17) is 0 Å². The summed E-state index contributed by atoms with van der Waals surface area (Å²) in [6.45, 7) is 2.90. The highest BCUT2D eigenvalue weighted by atomic mass is 32.2. The fraction of sp³-hybridized carbons (Fsp3) is 0.200. The zero-order chi connectivity index (χ0) is 19.6. The summed E-state index contributed by atoms with van der Waals surface area (Å²) in [4.78, 5) is 49.5. The summed E-state index contributed by atoms with van der Waals surface area (Å²) < 4.78 is 0. The summed E-state index contributed by atoms with van der Waals surface area (Å²) in [5.41, 5.74) is 1.68. The molecule has 1 aliphatic heterocycles.